The topological polar surface area (TPSA) is 66.0 Å². The maximum absolute atomic E-state index is 11.9. The first-order valence-corrected chi connectivity index (χ1v) is 6.66. The van der Waals surface area contributed by atoms with Gasteiger partial charge in [0.25, 0.3) is 5.91 Å². The highest BCUT2D eigenvalue weighted by molar-refractivity contribution is 9.10. The van der Waals surface area contributed by atoms with Crippen molar-refractivity contribution in [1.29, 1.82) is 5.26 Å². The van der Waals surface area contributed by atoms with E-state index >= 15 is 0 Å². The monoisotopic (exact) mass is 330 g/mol. The van der Waals surface area contributed by atoms with Gasteiger partial charge in [-0.05, 0) is 35.9 Å². The minimum absolute atomic E-state index is 0.0506. The Balaban J connectivity index is 2.07. The molecule has 1 aromatic heterocycles. The summed E-state index contributed by atoms with van der Waals surface area (Å²) in [5.41, 5.74) is 0.832. The third kappa shape index (κ3) is 3.84. The van der Waals surface area contributed by atoms with E-state index in [0.29, 0.717) is 5.76 Å². The molecule has 0 saturated heterocycles. The van der Waals surface area contributed by atoms with Gasteiger partial charge in [0.15, 0.2) is 0 Å². The van der Waals surface area contributed by atoms with Gasteiger partial charge in [-0.15, -0.1) is 0 Å². The average Bonchev–Trinajstić information content (AvgIpc) is 2.95. The Bertz CT molecular complexity index is 669. The van der Waals surface area contributed by atoms with Crippen LogP contribution in [-0.4, -0.2) is 5.91 Å². The number of carbonyl (C=O) groups is 1. The average molecular weight is 331 g/mol. The molecule has 1 aromatic carbocycles. The first-order valence-electron chi connectivity index (χ1n) is 5.87. The Labute approximate surface area is 124 Å². The number of hydrogen-bond acceptors (Lipinski definition) is 3. The van der Waals surface area contributed by atoms with Crippen molar-refractivity contribution in [3.8, 4) is 6.07 Å². The molecule has 1 heterocycles. The SMILES string of the molecule is N#C/C(=C/c1cccc(Br)c1)C(=O)NCc1ccco1. The van der Waals surface area contributed by atoms with Crippen LogP contribution < -0.4 is 5.32 Å². The number of rotatable bonds is 4. The summed E-state index contributed by atoms with van der Waals surface area (Å²) in [6.45, 7) is 0.253. The second-order valence-corrected chi connectivity index (χ2v) is 4.90. The maximum atomic E-state index is 11.9. The lowest BCUT2D eigenvalue weighted by Gasteiger charge is -2.02. The molecule has 0 spiro atoms. The Kier molecular flexibility index (Phi) is 4.75. The van der Waals surface area contributed by atoms with Crippen LogP contribution in [0.25, 0.3) is 6.08 Å². The molecule has 100 valence electrons. The summed E-state index contributed by atoms with van der Waals surface area (Å²) in [7, 11) is 0. The molecule has 0 saturated carbocycles. The fraction of sp³-hybridized carbons (Fsp3) is 0.0667. The molecule has 0 aliphatic rings. The molecule has 0 aliphatic heterocycles. The Hall–Kier alpha value is -2.32. The molecule has 2 rings (SSSR count). The summed E-state index contributed by atoms with van der Waals surface area (Å²) in [6, 6.07) is 12.8. The van der Waals surface area contributed by atoms with Gasteiger partial charge in [0.2, 0.25) is 0 Å². The largest absolute Gasteiger partial charge is 0.467 e. The number of furan rings is 1. The second-order valence-electron chi connectivity index (χ2n) is 3.99. The minimum atomic E-state index is -0.427. The first kappa shape index (κ1) is 14.1. The van der Waals surface area contributed by atoms with E-state index in [1.165, 1.54) is 6.26 Å². The van der Waals surface area contributed by atoms with Crippen LogP contribution >= 0.6 is 15.9 Å². The number of nitrogens with one attached hydrogen (secondary N) is 1. The highest BCUT2D eigenvalue weighted by Crippen LogP contribution is 2.14. The number of hydrogen-bond donors (Lipinski definition) is 1. The number of carbonyl (C=O) groups excluding carboxylic acids is 1. The van der Waals surface area contributed by atoms with Gasteiger partial charge < -0.3 is 9.73 Å². The molecule has 0 aliphatic carbocycles. The van der Waals surface area contributed by atoms with Crippen molar-refractivity contribution in [2.75, 3.05) is 0 Å². The molecule has 1 amide bonds. The van der Waals surface area contributed by atoms with Crippen LogP contribution in [0.1, 0.15) is 11.3 Å². The van der Waals surface area contributed by atoms with Crippen molar-refractivity contribution in [3.05, 3.63) is 64.0 Å². The van der Waals surface area contributed by atoms with Gasteiger partial charge in [0.1, 0.15) is 17.4 Å². The summed E-state index contributed by atoms with van der Waals surface area (Å²) in [6.07, 6.45) is 3.08. The molecule has 0 unspecified atom stereocenters. The number of benzene rings is 1. The molecule has 0 fully saturated rings. The van der Waals surface area contributed by atoms with E-state index in [4.69, 9.17) is 9.68 Å². The van der Waals surface area contributed by atoms with Crippen LogP contribution in [0.3, 0.4) is 0 Å². The number of halogens is 1. The molecule has 0 atom stereocenters. The third-order valence-corrected chi connectivity index (χ3v) is 3.02. The van der Waals surface area contributed by atoms with Crippen molar-refractivity contribution < 1.29 is 9.21 Å². The zero-order valence-electron chi connectivity index (χ0n) is 10.5. The van der Waals surface area contributed by atoms with Crippen LogP contribution in [0, 0.1) is 11.3 Å². The third-order valence-electron chi connectivity index (χ3n) is 2.53. The van der Waals surface area contributed by atoms with Gasteiger partial charge in [0, 0.05) is 4.47 Å². The number of nitriles is 1. The molecular formula is C15H11BrN2O2. The van der Waals surface area contributed by atoms with E-state index in [1.54, 1.807) is 18.2 Å². The van der Waals surface area contributed by atoms with E-state index in [-0.39, 0.29) is 12.1 Å². The standard InChI is InChI=1S/C15H11BrN2O2/c16-13-4-1-3-11(8-13)7-12(9-17)15(19)18-10-14-5-2-6-20-14/h1-8H,10H2,(H,18,19)/b12-7-. The van der Waals surface area contributed by atoms with E-state index in [1.807, 2.05) is 30.3 Å². The van der Waals surface area contributed by atoms with Crippen LogP contribution in [0.4, 0.5) is 0 Å². The predicted octanol–water partition coefficient (Wildman–Crippen LogP) is 3.27. The highest BCUT2D eigenvalue weighted by Gasteiger charge is 2.09. The van der Waals surface area contributed by atoms with Gasteiger partial charge in [0.05, 0.1) is 12.8 Å². The van der Waals surface area contributed by atoms with E-state index in [0.717, 1.165) is 10.0 Å². The summed E-state index contributed by atoms with van der Waals surface area (Å²) >= 11 is 3.34. The van der Waals surface area contributed by atoms with Crippen LogP contribution in [-0.2, 0) is 11.3 Å². The normalized spacial score (nSPS) is 10.9. The summed E-state index contributed by atoms with van der Waals surface area (Å²) < 4.78 is 6.00. The second kappa shape index (κ2) is 6.73. The Morgan fingerprint density at radius 2 is 2.25 bits per heavy atom. The van der Waals surface area contributed by atoms with Gasteiger partial charge in [-0.25, -0.2) is 0 Å². The molecule has 4 nitrogen and oxygen atoms in total. The molecule has 20 heavy (non-hydrogen) atoms. The van der Waals surface area contributed by atoms with Crippen molar-refractivity contribution >= 4 is 27.9 Å². The van der Waals surface area contributed by atoms with E-state index in [2.05, 4.69) is 21.2 Å². The van der Waals surface area contributed by atoms with Crippen LogP contribution in [0.5, 0.6) is 0 Å². The van der Waals surface area contributed by atoms with Crippen molar-refractivity contribution in [2.45, 2.75) is 6.54 Å². The molecule has 1 N–H and O–H groups in total. The quantitative estimate of drug-likeness (QED) is 0.691. The smallest absolute Gasteiger partial charge is 0.262 e. The van der Waals surface area contributed by atoms with E-state index in [9.17, 15) is 4.79 Å². The van der Waals surface area contributed by atoms with Gasteiger partial charge >= 0.3 is 0 Å². The lowest BCUT2D eigenvalue weighted by Crippen LogP contribution is -2.23. The molecule has 0 radical (unpaired) electrons. The fourth-order valence-electron chi connectivity index (χ4n) is 1.59. The maximum Gasteiger partial charge on any atom is 0.262 e. The summed E-state index contributed by atoms with van der Waals surface area (Å²) in [4.78, 5) is 11.9. The Morgan fingerprint density at radius 1 is 1.40 bits per heavy atom. The van der Waals surface area contributed by atoms with Gasteiger partial charge in [-0.2, -0.15) is 5.26 Å². The van der Waals surface area contributed by atoms with Gasteiger partial charge in [-0.3, -0.25) is 4.79 Å². The number of amides is 1. The zero-order valence-corrected chi connectivity index (χ0v) is 12.1. The first-order chi connectivity index (χ1) is 9.69. The van der Waals surface area contributed by atoms with Crippen molar-refractivity contribution in [3.63, 3.8) is 0 Å². The fourth-order valence-corrected chi connectivity index (χ4v) is 2.00. The van der Waals surface area contributed by atoms with E-state index < -0.39 is 5.91 Å². The Morgan fingerprint density at radius 3 is 2.90 bits per heavy atom. The minimum Gasteiger partial charge on any atom is -0.467 e. The van der Waals surface area contributed by atoms with Crippen molar-refractivity contribution in [2.24, 2.45) is 0 Å². The zero-order chi connectivity index (χ0) is 14.4. The number of nitrogens with zero attached hydrogens (tertiary/aromatic N) is 1. The van der Waals surface area contributed by atoms with Crippen molar-refractivity contribution in [1.82, 2.24) is 5.32 Å². The summed E-state index contributed by atoms with van der Waals surface area (Å²) in [5.74, 6) is 0.210. The lowest BCUT2D eigenvalue weighted by molar-refractivity contribution is -0.117. The predicted molar refractivity (Wildman–Crippen MR) is 78.3 cm³/mol. The van der Waals surface area contributed by atoms with Crippen LogP contribution in [0.15, 0.2) is 57.1 Å². The van der Waals surface area contributed by atoms with Crippen LogP contribution in [0.2, 0.25) is 0 Å². The van der Waals surface area contributed by atoms with Gasteiger partial charge in [-0.1, -0.05) is 28.1 Å². The summed E-state index contributed by atoms with van der Waals surface area (Å²) in [5, 5.41) is 11.7. The lowest BCUT2D eigenvalue weighted by atomic mass is 10.1. The molecule has 5 heteroatoms. The molecular weight excluding hydrogens is 320 g/mol. The highest BCUT2D eigenvalue weighted by atomic mass is 79.9. The molecule has 2 aromatic rings. The molecule has 0 bridgehead atoms.